The molecule has 116 valence electrons. The normalized spacial score (nSPS) is 15.4. The number of carbonyl (C=O) groups is 1. The Labute approximate surface area is 124 Å². The SMILES string of the molecule is COc1cc(OC)c(OC)cc1CN1CC(CC(=O)O)C1. The molecule has 0 amide bonds. The van der Waals surface area contributed by atoms with E-state index in [0.717, 1.165) is 24.4 Å². The lowest BCUT2D eigenvalue weighted by atomic mass is 9.95. The second-order valence-electron chi connectivity index (χ2n) is 5.18. The Balaban J connectivity index is 2.05. The highest BCUT2D eigenvalue weighted by atomic mass is 16.5. The summed E-state index contributed by atoms with van der Waals surface area (Å²) in [5, 5.41) is 8.76. The fraction of sp³-hybridized carbons (Fsp3) is 0.533. The van der Waals surface area contributed by atoms with Crippen LogP contribution >= 0.6 is 0 Å². The zero-order chi connectivity index (χ0) is 15.4. The van der Waals surface area contributed by atoms with Crippen LogP contribution in [0, 0.1) is 5.92 Å². The van der Waals surface area contributed by atoms with Gasteiger partial charge in [0.2, 0.25) is 0 Å². The highest BCUT2D eigenvalue weighted by Gasteiger charge is 2.29. The minimum atomic E-state index is -0.733. The van der Waals surface area contributed by atoms with Crippen molar-refractivity contribution in [3.63, 3.8) is 0 Å². The van der Waals surface area contributed by atoms with E-state index < -0.39 is 5.97 Å². The predicted octanol–water partition coefficient (Wildman–Crippen LogP) is 1.62. The number of nitrogens with zero attached hydrogens (tertiary/aromatic N) is 1. The van der Waals surface area contributed by atoms with Gasteiger partial charge in [0.15, 0.2) is 11.5 Å². The van der Waals surface area contributed by atoms with Gasteiger partial charge in [0.05, 0.1) is 27.8 Å². The lowest BCUT2D eigenvalue weighted by Gasteiger charge is -2.38. The van der Waals surface area contributed by atoms with Crippen LogP contribution in [0.5, 0.6) is 17.2 Å². The van der Waals surface area contributed by atoms with E-state index >= 15 is 0 Å². The maximum absolute atomic E-state index is 10.7. The number of aliphatic carboxylic acids is 1. The summed E-state index contributed by atoms with van der Waals surface area (Å²) in [7, 11) is 4.80. The lowest BCUT2D eigenvalue weighted by molar-refractivity contribution is -0.139. The summed E-state index contributed by atoms with van der Waals surface area (Å²) in [6.07, 6.45) is 0.236. The van der Waals surface area contributed by atoms with Gasteiger partial charge in [-0.15, -0.1) is 0 Å². The van der Waals surface area contributed by atoms with Crippen LogP contribution in [0.3, 0.4) is 0 Å². The number of carboxylic acid groups (broad SMARTS) is 1. The number of rotatable bonds is 7. The standard InChI is InChI=1S/C15H21NO5/c1-19-12-6-14(21-3)13(20-2)5-11(12)9-16-7-10(8-16)4-15(17)18/h5-6,10H,4,7-9H2,1-3H3,(H,17,18). The summed E-state index contributed by atoms with van der Waals surface area (Å²) in [5.41, 5.74) is 1.00. The number of likely N-dealkylation sites (tertiary alicyclic amines) is 1. The van der Waals surface area contributed by atoms with E-state index in [2.05, 4.69) is 4.90 Å². The molecular weight excluding hydrogens is 274 g/mol. The van der Waals surface area contributed by atoms with Crippen molar-refractivity contribution in [1.82, 2.24) is 4.90 Å². The van der Waals surface area contributed by atoms with Crippen LogP contribution in [-0.4, -0.2) is 50.4 Å². The van der Waals surface area contributed by atoms with Crippen LogP contribution in [-0.2, 0) is 11.3 Å². The molecule has 1 aliphatic heterocycles. The fourth-order valence-electron chi connectivity index (χ4n) is 2.64. The van der Waals surface area contributed by atoms with Gasteiger partial charge >= 0.3 is 5.97 Å². The summed E-state index contributed by atoms with van der Waals surface area (Å²) in [4.78, 5) is 12.8. The molecule has 0 aromatic heterocycles. The van der Waals surface area contributed by atoms with Crippen molar-refractivity contribution in [2.45, 2.75) is 13.0 Å². The van der Waals surface area contributed by atoms with E-state index in [0.29, 0.717) is 18.0 Å². The van der Waals surface area contributed by atoms with Gasteiger partial charge < -0.3 is 19.3 Å². The Kier molecular flexibility index (Phi) is 4.90. The van der Waals surface area contributed by atoms with Gasteiger partial charge in [0.1, 0.15) is 5.75 Å². The van der Waals surface area contributed by atoms with E-state index in [4.69, 9.17) is 19.3 Å². The first-order valence-corrected chi connectivity index (χ1v) is 6.80. The first-order valence-electron chi connectivity index (χ1n) is 6.80. The summed E-state index contributed by atoms with van der Waals surface area (Å²) < 4.78 is 16.0. The van der Waals surface area contributed by atoms with Crippen LogP contribution in [0.1, 0.15) is 12.0 Å². The number of carboxylic acids is 1. The minimum absolute atomic E-state index is 0.236. The van der Waals surface area contributed by atoms with Crippen molar-refractivity contribution in [2.24, 2.45) is 5.92 Å². The van der Waals surface area contributed by atoms with Crippen molar-refractivity contribution in [2.75, 3.05) is 34.4 Å². The Morgan fingerprint density at radius 1 is 1.14 bits per heavy atom. The molecule has 1 aromatic rings. The molecule has 0 radical (unpaired) electrons. The molecular formula is C15H21NO5. The quantitative estimate of drug-likeness (QED) is 0.824. The summed E-state index contributed by atoms with van der Waals surface area (Å²) in [6, 6.07) is 3.71. The van der Waals surface area contributed by atoms with Crippen LogP contribution in [0.15, 0.2) is 12.1 Å². The van der Waals surface area contributed by atoms with Crippen molar-refractivity contribution in [3.8, 4) is 17.2 Å². The third-order valence-corrected chi connectivity index (χ3v) is 3.68. The van der Waals surface area contributed by atoms with Crippen LogP contribution in [0.2, 0.25) is 0 Å². The molecule has 1 heterocycles. The molecule has 6 nitrogen and oxygen atoms in total. The monoisotopic (exact) mass is 295 g/mol. The van der Waals surface area contributed by atoms with Crippen molar-refractivity contribution in [1.29, 1.82) is 0 Å². The molecule has 2 rings (SSSR count). The molecule has 0 unspecified atom stereocenters. The van der Waals surface area contributed by atoms with Gasteiger partial charge in [-0.25, -0.2) is 0 Å². The molecule has 1 N–H and O–H groups in total. The zero-order valence-corrected chi connectivity index (χ0v) is 12.6. The van der Waals surface area contributed by atoms with E-state index in [1.807, 2.05) is 12.1 Å². The van der Waals surface area contributed by atoms with E-state index in [-0.39, 0.29) is 12.3 Å². The molecule has 0 saturated carbocycles. The fourth-order valence-corrected chi connectivity index (χ4v) is 2.64. The first kappa shape index (κ1) is 15.4. The van der Waals surface area contributed by atoms with Gasteiger partial charge in [0.25, 0.3) is 0 Å². The van der Waals surface area contributed by atoms with Crippen molar-refractivity contribution in [3.05, 3.63) is 17.7 Å². The average Bonchev–Trinajstić information content (AvgIpc) is 2.43. The zero-order valence-electron chi connectivity index (χ0n) is 12.6. The van der Waals surface area contributed by atoms with Crippen molar-refractivity contribution >= 4 is 5.97 Å². The number of hydrogen-bond acceptors (Lipinski definition) is 5. The molecule has 1 fully saturated rings. The Bertz CT molecular complexity index is 511. The molecule has 6 heteroatoms. The molecule has 0 bridgehead atoms. The minimum Gasteiger partial charge on any atom is -0.496 e. The van der Waals surface area contributed by atoms with Gasteiger partial charge in [-0.05, 0) is 12.0 Å². The van der Waals surface area contributed by atoms with Crippen LogP contribution in [0.4, 0.5) is 0 Å². The number of hydrogen-bond donors (Lipinski definition) is 1. The molecule has 1 saturated heterocycles. The maximum atomic E-state index is 10.7. The number of benzene rings is 1. The molecule has 1 aromatic carbocycles. The Morgan fingerprint density at radius 3 is 2.24 bits per heavy atom. The first-order chi connectivity index (χ1) is 10.1. The second kappa shape index (κ2) is 6.67. The highest BCUT2D eigenvalue weighted by molar-refractivity contribution is 5.67. The van der Waals surface area contributed by atoms with Gasteiger partial charge in [-0.3, -0.25) is 9.69 Å². The van der Waals surface area contributed by atoms with Crippen molar-refractivity contribution < 1.29 is 24.1 Å². The van der Waals surface area contributed by atoms with E-state index in [1.165, 1.54) is 0 Å². The van der Waals surface area contributed by atoms with Gasteiger partial charge in [-0.2, -0.15) is 0 Å². The third-order valence-electron chi connectivity index (χ3n) is 3.68. The Hall–Kier alpha value is -1.95. The molecule has 0 atom stereocenters. The molecule has 1 aliphatic rings. The lowest BCUT2D eigenvalue weighted by Crippen LogP contribution is -2.46. The van der Waals surface area contributed by atoms with Gasteiger partial charge in [-0.1, -0.05) is 0 Å². The largest absolute Gasteiger partial charge is 0.496 e. The second-order valence-corrected chi connectivity index (χ2v) is 5.18. The maximum Gasteiger partial charge on any atom is 0.303 e. The highest BCUT2D eigenvalue weighted by Crippen LogP contribution is 2.36. The third kappa shape index (κ3) is 3.58. The predicted molar refractivity (Wildman–Crippen MR) is 77.1 cm³/mol. The van der Waals surface area contributed by atoms with Crippen LogP contribution < -0.4 is 14.2 Å². The number of ether oxygens (including phenoxy) is 3. The summed E-state index contributed by atoms with van der Waals surface area (Å²) in [6.45, 7) is 2.30. The average molecular weight is 295 g/mol. The Morgan fingerprint density at radius 2 is 1.71 bits per heavy atom. The van der Waals surface area contributed by atoms with E-state index in [1.54, 1.807) is 21.3 Å². The molecule has 0 aliphatic carbocycles. The topological polar surface area (TPSA) is 68.2 Å². The smallest absolute Gasteiger partial charge is 0.303 e. The summed E-state index contributed by atoms with van der Waals surface area (Å²) in [5.74, 6) is 1.55. The van der Waals surface area contributed by atoms with Gasteiger partial charge in [0, 0.05) is 31.3 Å². The van der Waals surface area contributed by atoms with E-state index in [9.17, 15) is 4.79 Å². The molecule has 21 heavy (non-hydrogen) atoms. The number of methoxy groups -OCH3 is 3. The molecule has 0 spiro atoms. The van der Waals surface area contributed by atoms with Crippen LogP contribution in [0.25, 0.3) is 0 Å². The summed E-state index contributed by atoms with van der Waals surface area (Å²) >= 11 is 0.